The lowest BCUT2D eigenvalue weighted by Gasteiger charge is -2.40. The molecule has 5 heteroatoms. The molecule has 1 aromatic heterocycles. The zero-order valence-corrected chi connectivity index (χ0v) is 14.6. The molecule has 2 bridgehead atoms. The maximum Gasteiger partial charge on any atom is 0.240 e. The Morgan fingerprint density at radius 2 is 2.00 bits per heavy atom. The van der Waals surface area contributed by atoms with Crippen molar-refractivity contribution in [1.82, 2.24) is 19.9 Å². The van der Waals surface area contributed by atoms with E-state index in [1.807, 2.05) is 0 Å². The largest absolute Gasteiger partial charge is 0.338 e. The number of fused-ring (bicyclic) bond motifs is 4. The van der Waals surface area contributed by atoms with Crippen molar-refractivity contribution in [3.63, 3.8) is 0 Å². The SMILES string of the molecule is CC(C)c1noc(CN2C[C@@H]3CC[C@H](C2)N(CC2CCC2)C3)n1. The fourth-order valence-electron chi connectivity index (χ4n) is 4.39. The Morgan fingerprint density at radius 1 is 1.13 bits per heavy atom. The molecule has 1 saturated carbocycles. The summed E-state index contributed by atoms with van der Waals surface area (Å²) >= 11 is 0. The molecule has 4 aliphatic rings. The monoisotopic (exact) mass is 318 g/mol. The predicted molar refractivity (Wildman–Crippen MR) is 89.1 cm³/mol. The van der Waals surface area contributed by atoms with Gasteiger partial charge in [-0.1, -0.05) is 25.4 Å². The summed E-state index contributed by atoms with van der Waals surface area (Å²) in [4.78, 5) is 9.91. The van der Waals surface area contributed by atoms with Gasteiger partial charge >= 0.3 is 0 Å². The first-order valence-electron chi connectivity index (χ1n) is 9.46. The molecule has 5 nitrogen and oxygen atoms in total. The average Bonchev–Trinajstić information content (AvgIpc) is 2.77. The highest BCUT2D eigenvalue weighted by Gasteiger charge is 2.36. The third-order valence-corrected chi connectivity index (χ3v) is 5.98. The maximum atomic E-state index is 5.46. The van der Waals surface area contributed by atoms with Gasteiger partial charge in [0.1, 0.15) is 0 Å². The van der Waals surface area contributed by atoms with E-state index in [0.29, 0.717) is 5.92 Å². The quantitative estimate of drug-likeness (QED) is 0.835. The van der Waals surface area contributed by atoms with Crippen LogP contribution in [0.4, 0.5) is 0 Å². The maximum absolute atomic E-state index is 5.46. The molecule has 3 aliphatic heterocycles. The van der Waals surface area contributed by atoms with E-state index in [2.05, 4.69) is 33.8 Å². The van der Waals surface area contributed by atoms with Gasteiger partial charge in [0.15, 0.2) is 5.82 Å². The fourth-order valence-corrected chi connectivity index (χ4v) is 4.39. The van der Waals surface area contributed by atoms with Crippen molar-refractivity contribution < 1.29 is 4.52 Å². The summed E-state index contributed by atoms with van der Waals surface area (Å²) < 4.78 is 5.46. The van der Waals surface area contributed by atoms with Gasteiger partial charge in [0, 0.05) is 38.1 Å². The van der Waals surface area contributed by atoms with Crippen molar-refractivity contribution in [1.29, 1.82) is 0 Å². The Balaban J connectivity index is 1.38. The molecule has 5 rings (SSSR count). The minimum atomic E-state index is 0.339. The van der Waals surface area contributed by atoms with Gasteiger partial charge in [0.05, 0.1) is 6.54 Å². The Hall–Kier alpha value is -0.940. The van der Waals surface area contributed by atoms with E-state index in [9.17, 15) is 0 Å². The van der Waals surface area contributed by atoms with Gasteiger partial charge in [-0.15, -0.1) is 0 Å². The van der Waals surface area contributed by atoms with Crippen molar-refractivity contribution in [3.05, 3.63) is 11.7 Å². The topological polar surface area (TPSA) is 45.4 Å². The Labute approximate surface area is 139 Å². The van der Waals surface area contributed by atoms with Crippen molar-refractivity contribution in [2.24, 2.45) is 11.8 Å². The van der Waals surface area contributed by atoms with Crippen molar-refractivity contribution >= 4 is 0 Å². The summed E-state index contributed by atoms with van der Waals surface area (Å²) in [7, 11) is 0. The lowest BCUT2D eigenvalue weighted by atomic mass is 9.83. The zero-order chi connectivity index (χ0) is 15.8. The molecule has 3 saturated heterocycles. The van der Waals surface area contributed by atoms with Crippen LogP contribution in [0.1, 0.15) is 63.6 Å². The fraction of sp³-hybridized carbons (Fsp3) is 0.889. The van der Waals surface area contributed by atoms with Gasteiger partial charge < -0.3 is 4.52 Å². The van der Waals surface area contributed by atoms with Crippen LogP contribution in [0, 0.1) is 11.8 Å². The minimum absolute atomic E-state index is 0.339. The van der Waals surface area contributed by atoms with Gasteiger partial charge in [-0.25, -0.2) is 0 Å². The van der Waals surface area contributed by atoms with Gasteiger partial charge in [0.25, 0.3) is 0 Å². The lowest BCUT2D eigenvalue weighted by Crippen LogP contribution is -2.46. The molecular formula is C18H30N4O. The van der Waals surface area contributed by atoms with Crippen LogP contribution in [0.5, 0.6) is 0 Å². The van der Waals surface area contributed by atoms with Gasteiger partial charge in [-0.05, 0) is 37.5 Å². The normalized spacial score (nSPS) is 29.9. The van der Waals surface area contributed by atoms with Crippen LogP contribution < -0.4 is 0 Å². The molecule has 2 atom stereocenters. The number of nitrogens with zero attached hydrogens (tertiary/aromatic N) is 4. The van der Waals surface area contributed by atoms with E-state index >= 15 is 0 Å². The van der Waals surface area contributed by atoms with E-state index < -0.39 is 0 Å². The first-order chi connectivity index (χ1) is 11.2. The Morgan fingerprint density at radius 3 is 2.70 bits per heavy atom. The molecule has 23 heavy (non-hydrogen) atoms. The lowest BCUT2D eigenvalue weighted by molar-refractivity contribution is 0.0887. The molecule has 0 N–H and O–H groups in total. The van der Waals surface area contributed by atoms with E-state index in [4.69, 9.17) is 4.52 Å². The number of hydrogen-bond donors (Lipinski definition) is 0. The molecule has 4 fully saturated rings. The van der Waals surface area contributed by atoms with Crippen molar-refractivity contribution in [2.75, 3.05) is 26.2 Å². The van der Waals surface area contributed by atoms with Crippen LogP contribution in [0.2, 0.25) is 0 Å². The number of hydrogen-bond acceptors (Lipinski definition) is 5. The molecule has 0 amide bonds. The smallest absolute Gasteiger partial charge is 0.240 e. The summed E-state index contributed by atoms with van der Waals surface area (Å²) in [6.07, 6.45) is 7.13. The van der Waals surface area contributed by atoms with Crippen LogP contribution in [-0.2, 0) is 6.54 Å². The number of rotatable bonds is 5. The molecule has 0 unspecified atom stereocenters. The van der Waals surface area contributed by atoms with E-state index in [1.165, 1.54) is 58.3 Å². The highest BCUT2D eigenvalue weighted by Crippen LogP contribution is 2.33. The van der Waals surface area contributed by atoms with E-state index in [1.54, 1.807) is 0 Å². The number of aromatic nitrogens is 2. The predicted octanol–water partition coefficient (Wildman–Crippen LogP) is 2.89. The molecule has 1 aliphatic carbocycles. The molecule has 0 spiro atoms. The van der Waals surface area contributed by atoms with Crippen LogP contribution in [0.25, 0.3) is 0 Å². The molecule has 0 radical (unpaired) electrons. The van der Waals surface area contributed by atoms with Crippen LogP contribution in [0.15, 0.2) is 4.52 Å². The summed E-state index contributed by atoms with van der Waals surface area (Å²) in [5.41, 5.74) is 0. The minimum Gasteiger partial charge on any atom is -0.338 e. The summed E-state index contributed by atoms with van der Waals surface area (Å²) in [5.74, 6) is 3.77. The number of piperidine rings is 1. The zero-order valence-electron chi connectivity index (χ0n) is 14.6. The first kappa shape index (κ1) is 15.6. The molecule has 1 aromatic rings. The molecular weight excluding hydrogens is 288 g/mol. The summed E-state index contributed by atoms with van der Waals surface area (Å²) in [6.45, 7) is 10.0. The molecule has 0 aromatic carbocycles. The average molecular weight is 318 g/mol. The highest BCUT2D eigenvalue weighted by molar-refractivity contribution is 4.95. The third-order valence-electron chi connectivity index (χ3n) is 5.98. The summed E-state index contributed by atoms with van der Waals surface area (Å²) in [6, 6.07) is 0.738. The standard InChI is InChI=1S/C18H30N4O/c1-13(2)18-19-17(23-20-18)12-21-8-15-6-7-16(11-21)22(10-15)9-14-4-3-5-14/h13-16H,3-12H2,1-2H3/t15-,16+/m0/s1. The van der Waals surface area contributed by atoms with Crippen molar-refractivity contribution in [2.45, 2.75) is 64.5 Å². The Bertz CT molecular complexity index is 525. The van der Waals surface area contributed by atoms with Crippen molar-refractivity contribution in [3.8, 4) is 0 Å². The van der Waals surface area contributed by atoms with Crippen LogP contribution in [-0.4, -0.2) is 52.2 Å². The van der Waals surface area contributed by atoms with Crippen LogP contribution >= 0.6 is 0 Å². The van der Waals surface area contributed by atoms with E-state index in [-0.39, 0.29) is 0 Å². The van der Waals surface area contributed by atoms with Gasteiger partial charge in [-0.3, -0.25) is 9.80 Å². The Kier molecular flexibility index (Phi) is 4.41. The second kappa shape index (κ2) is 6.52. The first-order valence-corrected chi connectivity index (χ1v) is 9.46. The van der Waals surface area contributed by atoms with Crippen LogP contribution in [0.3, 0.4) is 0 Å². The van der Waals surface area contributed by atoms with E-state index in [0.717, 1.165) is 36.1 Å². The van der Waals surface area contributed by atoms with Gasteiger partial charge in [0.2, 0.25) is 5.89 Å². The second-order valence-corrected chi connectivity index (χ2v) is 8.24. The molecule has 4 heterocycles. The second-order valence-electron chi connectivity index (χ2n) is 8.24. The molecule has 128 valence electrons. The summed E-state index contributed by atoms with van der Waals surface area (Å²) in [5, 5.41) is 4.11. The highest BCUT2D eigenvalue weighted by atomic mass is 16.5. The third kappa shape index (κ3) is 3.45. The van der Waals surface area contributed by atoms with Gasteiger partial charge in [-0.2, -0.15) is 4.98 Å².